The minimum Gasteiger partial charge on any atom is -0.352 e. The number of nitrogens with zero attached hydrogens (tertiary/aromatic N) is 1. The highest BCUT2D eigenvalue weighted by Gasteiger charge is 2.07. The van der Waals surface area contributed by atoms with Gasteiger partial charge in [-0.15, -0.1) is 11.3 Å². The summed E-state index contributed by atoms with van der Waals surface area (Å²) in [6, 6.07) is 15.6. The third-order valence-corrected chi connectivity index (χ3v) is 4.27. The van der Waals surface area contributed by atoms with Gasteiger partial charge < -0.3 is 5.32 Å². The second-order valence-corrected chi connectivity index (χ2v) is 5.88. The summed E-state index contributed by atoms with van der Waals surface area (Å²) >= 11 is 1.59. The highest BCUT2D eigenvalue weighted by Crippen LogP contribution is 2.23. The average Bonchev–Trinajstić information content (AvgIpc) is 3.04. The van der Waals surface area contributed by atoms with Crippen molar-refractivity contribution in [3.8, 4) is 10.6 Å². The van der Waals surface area contributed by atoms with Gasteiger partial charge in [0.15, 0.2) is 0 Å². The van der Waals surface area contributed by atoms with Crippen molar-refractivity contribution >= 4 is 17.2 Å². The number of hydrogen-bond acceptors (Lipinski definition) is 3. The van der Waals surface area contributed by atoms with E-state index in [0.717, 1.165) is 16.3 Å². The van der Waals surface area contributed by atoms with Gasteiger partial charge in [0.1, 0.15) is 10.8 Å². The standard InChI is InChI=1S/C18H15FN2OS/c19-15-8-4-7-14(11-15)17(22)20-10-9-16-12-23-18(21-16)13-5-2-1-3-6-13/h1-8,11-12H,9-10H2,(H,20,22). The molecule has 0 radical (unpaired) electrons. The summed E-state index contributed by atoms with van der Waals surface area (Å²) in [6.07, 6.45) is 0.643. The topological polar surface area (TPSA) is 42.0 Å². The first-order valence-corrected chi connectivity index (χ1v) is 8.14. The van der Waals surface area contributed by atoms with Crippen LogP contribution in [0.25, 0.3) is 10.6 Å². The molecule has 0 atom stereocenters. The first-order valence-electron chi connectivity index (χ1n) is 7.26. The maximum Gasteiger partial charge on any atom is 0.251 e. The monoisotopic (exact) mass is 326 g/mol. The van der Waals surface area contributed by atoms with E-state index in [-0.39, 0.29) is 5.91 Å². The number of benzene rings is 2. The van der Waals surface area contributed by atoms with Crippen molar-refractivity contribution in [2.24, 2.45) is 0 Å². The molecule has 5 heteroatoms. The zero-order chi connectivity index (χ0) is 16.1. The lowest BCUT2D eigenvalue weighted by Crippen LogP contribution is -2.25. The fraction of sp³-hybridized carbons (Fsp3) is 0.111. The van der Waals surface area contributed by atoms with Gasteiger partial charge in [-0.25, -0.2) is 9.37 Å². The predicted octanol–water partition coefficient (Wildman–Crippen LogP) is 3.92. The molecule has 0 saturated carbocycles. The van der Waals surface area contributed by atoms with Gasteiger partial charge in [-0.05, 0) is 18.2 Å². The zero-order valence-corrected chi connectivity index (χ0v) is 13.1. The minimum atomic E-state index is -0.412. The summed E-state index contributed by atoms with van der Waals surface area (Å²) in [4.78, 5) is 16.5. The molecule has 3 nitrogen and oxygen atoms in total. The largest absolute Gasteiger partial charge is 0.352 e. The van der Waals surface area contributed by atoms with E-state index in [9.17, 15) is 9.18 Å². The number of aromatic nitrogens is 1. The quantitative estimate of drug-likeness (QED) is 0.772. The zero-order valence-electron chi connectivity index (χ0n) is 12.3. The van der Waals surface area contributed by atoms with Crippen molar-refractivity contribution in [1.82, 2.24) is 10.3 Å². The van der Waals surface area contributed by atoms with E-state index in [2.05, 4.69) is 10.3 Å². The normalized spacial score (nSPS) is 10.5. The van der Waals surface area contributed by atoms with E-state index in [1.165, 1.54) is 18.2 Å². The van der Waals surface area contributed by atoms with Gasteiger partial charge in [0.25, 0.3) is 5.91 Å². The number of carbonyl (C=O) groups is 1. The SMILES string of the molecule is O=C(NCCc1csc(-c2ccccc2)n1)c1cccc(F)c1. The van der Waals surface area contributed by atoms with Crippen molar-refractivity contribution in [1.29, 1.82) is 0 Å². The summed E-state index contributed by atoms with van der Waals surface area (Å²) in [5.74, 6) is -0.687. The van der Waals surface area contributed by atoms with E-state index in [4.69, 9.17) is 0 Å². The lowest BCUT2D eigenvalue weighted by Gasteiger charge is -2.04. The van der Waals surface area contributed by atoms with Crippen LogP contribution in [0.3, 0.4) is 0 Å². The molecule has 0 spiro atoms. The van der Waals surface area contributed by atoms with Crippen LogP contribution >= 0.6 is 11.3 Å². The van der Waals surface area contributed by atoms with Crippen molar-refractivity contribution in [3.63, 3.8) is 0 Å². The summed E-state index contributed by atoms with van der Waals surface area (Å²) in [5.41, 5.74) is 2.36. The van der Waals surface area contributed by atoms with Gasteiger partial charge in [-0.3, -0.25) is 4.79 Å². The Kier molecular flexibility index (Phi) is 4.78. The van der Waals surface area contributed by atoms with Crippen LogP contribution < -0.4 is 5.32 Å². The van der Waals surface area contributed by atoms with Crippen LogP contribution in [-0.4, -0.2) is 17.4 Å². The molecule has 0 unspecified atom stereocenters. The van der Waals surface area contributed by atoms with Crippen LogP contribution in [0, 0.1) is 5.82 Å². The molecule has 0 aliphatic heterocycles. The summed E-state index contributed by atoms with van der Waals surface area (Å²) < 4.78 is 13.1. The molecule has 0 fully saturated rings. The number of carbonyl (C=O) groups excluding carboxylic acids is 1. The Labute approximate surface area is 137 Å². The molecule has 0 aliphatic carbocycles. The third kappa shape index (κ3) is 4.02. The lowest BCUT2D eigenvalue weighted by atomic mass is 10.2. The van der Waals surface area contributed by atoms with E-state index in [1.807, 2.05) is 35.7 Å². The van der Waals surface area contributed by atoms with Crippen molar-refractivity contribution < 1.29 is 9.18 Å². The number of hydrogen-bond donors (Lipinski definition) is 1. The fourth-order valence-electron chi connectivity index (χ4n) is 2.17. The Morgan fingerprint density at radius 2 is 1.96 bits per heavy atom. The second-order valence-electron chi connectivity index (χ2n) is 5.03. The summed E-state index contributed by atoms with van der Waals surface area (Å²) in [6.45, 7) is 0.466. The third-order valence-electron chi connectivity index (χ3n) is 3.33. The van der Waals surface area contributed by atoms with Crippen molar-refractivity contribution in [2.75, 3.05) is 6.54 Å². The second kappa shape index (κ2) is 7.15. The Morgan fingerprint density at radius 3 is 2.74 bits per heavy atom. The average molecular weight is 326 g/mol. The minimum absolute atomic E-state index is 0.275. The number of thiazole rings is 1. The van der Waals surface area contributed by atoms with Crippen LogP contribution in [-0.2, 0) is 6.42 Å². The molecule has 116 valence electrons. The maximum atomic E-state index is 13.1. The van der Waals surface area contributed by atoms with E-state index in [1.54, 1.807) is 17.4 Å². The lowest BCUT2D eigenvalue weighted by molar-refractivity contribution is 0.0953. The van der Waals surface area contributed by atoms with Gasteiger partial charge in [0, 0.05) is 29.5 Å². The number of rotatable bonds is 5. The number of nitrogens with one attached hydrogen (secondary N) is 1. The Balaban J connectivity index is 1.55. The summed E-state index contributed by atoms with van der Waals surface area (Å²) in [5, 5.41) is 5.75. The molecule has 1 N–H and O–H groups in total. The van der Waals surface area contributed by atoms with Gasteiger partial charge in [-0.1, -0.05) is 36.4 Å². The molecular formula is C18H15FN2OS. The smallest absolute Gasteiger partial charge is 0.251 e. The molecule has 3 aromatic rings. The molecule has 3 rings (SSSR count). The first kappa shape index (κ1) is 15.4. The Hall–Kier alpha value is -2.53. The van der Waals surface area contributed by atoms with Crippen molar-refractivity contribution in [2.45, 2.75) is 6.42 Å². The van der Waals surface area contributed by atoms with Crippen LogP contribution in [0.15, 0.2) is 60.0 Å². The molecular weight excluding hydrogens is 311 g/mol. The van der Waals surface area contributed by atoms with Crippen LogP contribution in [0.5, 0.6) is 0 Å². The van der Waals surface area contributed by atoms with Gasteiger partial charge in [-0.2, -0.15) is 0 Å². The summed E-state index contributed by atoms with van der Waals surface area (Å²) in [7, 11) is 0. The number of halogens is 1. The maximum absolute atomic E-state index is 13.1. The molecule has 1 aromatic heterocycles. The fourth-order valence-corrected chi connectivity index (χ4v) is 3.03. The first-order chi connectivity index (χ1) is 11.2. The highest BCUT2D eigenvalue weighted by molar-refractivity contribution is 7.13. The Bertz CT molecular complexity index is 802. The van der Waals surface area contributed by atoms with Crippen LogP contribution in [0.4, 0.5) is 4.39 Å². The molecule has 0 aliphatic rings. The molecule has 2 aromatic carbocycles. The number of amides is 1. The molecule has 1 heterocycles. The van der Waals surface area contributed by atoms with Crippen molar-refractivity contribution in [3.05, 3.63) is 77.1 Å². The Morgan fingerprint density at radius 1 is 1.13 bits per heavy atom. The van der Waals surface area contributed by atoms with Crippen LogP contribution in [0.1, 0.15) is 16.1 Å². The van der Waals surface area contributed by atoms with Gasteiger partial charge >= 0.3 is 0 Å². The highest BCUT2D eigenvalue weighted by atomic mass is 32.1. The molecule has 23 heavy (non-hydrogen) atoms. The van der Waals surface area contributed by atoms with E-state index in [0.29, 0.717) is 18.5 Å². The predicted molar refractivity (Wildman–Crippen MR) is 90.0 cm³/mol. The molecule has 1 amide bonds. The van der Waals surface area contributed by atoms with Gasteiger partial charge in [0.05, 0.1) is 5.69 Å². The van der Waals surface area contributed by atoms with E-state index < -0.39 is 5.82 Å². The van der Waals surface area contributed by atoms with E-state index >= 15 is 0 Å². The van der Waals surface area contributed by atoms with Gasteiger partial charge in [0.2, 0.25) is 0 Å². The van der Waals surface area contributed by atoms with Crippen LogP contribution in [0.2, 0.25) is 0 Å². The molecule has 0 bridgehead atoms. The molecule has 0 saturated heterocycles.